The second-order valence-corrected chi connectivity index (χ2v) is 5.37. The van der Waals surface area contributed by atoms with Crippen molar-refractivity contribution >= 4 is 5.91 Å². The van der Waals surface area contributed by atoms with Gasteiger partial charge < -0.3 is 15.2 Å². The largest absolute Gasteiger partial charge is 0.507 e. The fraction of sp³-hybridized carbons (Fsp3) is 0.500. The summed E-state index contributed by atoms with van der Waals surface area (Å²) in [5.41, 5.74) is 0.0395. The number of hydrogen-bond acceptors (Lipinski definition) is 3. The maximum atomic E-state index is 13.5. The van der Waals surface area contributed by atoms with Crippen LogP contribution in [0.5, 0.6) is 11.5 Å². The van der Waals surface area contributed by atoms with Gasteiger partial charge in [-0.25, -0.2) is 8.78 Å². The number of aromatic hydroxyl groups is 1. The number of fused-ring (bicyclic) bond motifs is 1. The number of nitrogens with one attached hydrogen (secondary N) is 1. The number of carbonyl (C=O) groups is 1. The number of hydrogen-bond donors (Lipinski definition) is 2. The van der Waals surface area contributed by atoms with Crippen molar-refractivity contribution in [3.8, 4) is 11.5 Å². The van der Waals surface area contributed by atoms with Crippen LogP contribution >= 0.6 is 0 Å². The molecule has 0 spiro atoms. The smallest absolute Gasteiger partial charge is 0.255 e. The highest BCUT2D eigenvalue weighted by atomic mass is 19.3. The molecule has 2 saturated carbocycles. The maximum absolute atomic E-state index is 13.5. The monoisotopic (exact) mass is 283 g/mol. The Labute approximate surface area is 114 Å². The van der Waals surface area contributed by atoms with Crippen molar-refractivity contribution in [3.05, 3.63) is 23.8 Å². The molecule has 0 saturated heterocycles. The molecule has 2 fully saturated rings. The molecule has 2 N–H and O–H groups in total. The van der Waals surface area contributed by atoms with Gasteiger partial charge in [-0.3, -0.25) is 4.79 Å². The fourth-order valence-corrected chi connectivity index (χ4v) is 3.08. The van der Waals surface area contributed by atoms with E-state index in [0.717, 1.165) is 0 Å². The van der Waals surface area contributed by atoms with Gasteiger partial charge in [0, 0.05) is 18.4 Å². The number of phenolic OH excluding ortho intramolecular Hbond substituents is 1. The number of amides is 1. The summed E-state index contributed by atoms with van der Waals surface area (Å²) in [6, 6.07) is 3.76. The molecule has 20 heavy (non-hydrogen) atoms. The molecular weight excluding hydrogens is 268 g/mol. The Kier molecular flexibility index (Phi) is 2.84. The highest BCUT2D eigenvalue weighted by Gasteiger charge is 2.68. The van der Waals surface area contributed by atoms with Gasteiger partial charge in [-0.15, -0.1) is 0 Å². The molecule has 1 aromatic rings. The first kappa shape index (κ1) is 13.1. The number of ether oxygens (including phenoxy) is 1. The zero-order valence-corrected chi connectivity index (χ0v) is 10.9. The topological polar surface area (TPSA) is 58.6 Å². The first-order valence-electron chi connectivity index (χ1n) is 6.50. The Morgan fingerprint density at radius 3 is 2.85 bits per heavy atom. The third-order valence-electron chi connectivity index (χ3n) is 4.21. The van der Waals surface area contributed by atoms with Crippen molar-refractivity contribution in [2.75, 3.05) is 7.11 Å². The summed E-state index contributed by atoms with van der Waals surface area (Å²) in [5.74, 6) is -3.88. The summed E-state index contributed by atoms with van der Waals surface area (Å²) < 4.78 is 31.9. The van der Waals surface area contributed by atoms with E-state index in [9.17, 15) is 18.7 Å². The minimum Gasteiger partial charge on any atom is -0.507 e. The van der Waals surface area contributed by atoms with Crippen LogP contribution in [0.2, 0.25) is 0 Å². The van der Waals surface area contributed by atoms with Gasteiger partial charge >= 0.3 is 0 Å². The Hall–Kier alpha value is -1.85. The fourth-order valence-electron chi connectivity index (χ4n) is 3.08. The van der Waals surface area contributed by atoms with E-state index >= 15 is 0 Å². The molecule has 0 aliphatic heterocycles. The first-order valence-corrected chi connectivity index (χ1v) is 6.50. The van der Waals surface area contributed by atoms with E-state index < -0.39 is 23.8 Å². The Morgan fingerprint density at radius 1 is 1.50 bits per heavy atom. The van der Waals surface area contributed by atoms with Gasteiger partial charge in [0.05, 0.1) is 12.7 Å². The molecule has 4 nitrogen and oxygen atoms in total. The third-order valence-corrected chi connectivity index (χ3v) is 4.21. The highest BCUT2D eigenvalue weighted by molar-refractivity contribution is 5.97. The average Bonchev–Trinajstić information content (AvgIpc) is 3.00. The van der Waals surface area contributed by atoms with E-state index in [-0.39, 0.29) is 23.7 Å². The zero-order valence-electron chi connectivity index (χ0n) is 10.9. The number of benzene rings is 1. The number of carbonyl (C=O) groups excluding carboxylic acids is 1. The average molecular weight is 283 g/mol. The van der Waals surface area contributed by atoms with Gasteiger partial charge in [0.2, 0.25) is 0 Å². The first-order chi connectivity index (χ1) is 9.44. The molecule has 0 heterocycles. The summed E-state index contributed by atoms with van der Waals surface area (Å²) >= 11 is 0. The van der Waals surface area contributed by atoms with E-state index in [4.69, 9.17) is 4.74 Å². The molecule has 3 rings (SSSR count). The Balaban J connectivity index is 1.72. The van der Waals surface area contributed by atoms with Gasteiger partial charge in [0.25, 0.3) is 11.8 Å². The summed E-state index contributed by atoms with van der Waals surface area (Å²) in [6.07, 6.45) is 0.339. The minimum absolute atomic E-state index is 0.0395. The lowest BCUT2D eigenvalue weighted by Gasteiger charge is -2.14. The summed E-state index contributed by atoms with van der Waals surface area (Å²) in [7, 11) is 1.44. The Morgan fingerprint density at radius 2 is 2.25 bits per heavy atom. The second-order valence-electron chi connectivity index (χ2n) is 5.37. The number of methoxy groups -OCH3 is 1. The summed E-state index contributed by atoms with van der Waals surface area (Å²) in [4.78, 5) is 12.1. The van der Waals surface area contributed by atoms with Gasteiger partial charge in [-0.1, -0.05) is 0 Å². The molecule has 0 bridgehead atoms. The van der Waals surface area contributed by atoms with E-state index in [2.05, 4.69) is 5.32 Å². The molecule has 108 valence electrons. The normalized spacial score (nSPS) is 29.6. The summed E-state index contributed by atoms with van der Waals surface area (Å²) in [6.45, 7) is 0. The SMILES string of the molecule is COc1ccc(O)c(C(=O)N[C@@H]2[C@H]3CCC(F)(F)[C@H]32)c1. The molecule has 0 aromatic heterocycles. The molecule has 2 aliphatic rings. The third kappa shape index (κ3) is 1.99. The lowest BCUT2D eigenvalue weighted by molar-refractivity contribution is -0.0178. The zero-order chi connectivity index (χ0) is 14.5. The van der Waals surface area contributed by atoms with Crippen LogP contribution in [0.15, 0.2) is 18.2 Å². The van der Waals surface area contributed by atoms with Crippen molar-refractivity contribution in [3.63, 3.8) is 0 Å². The van der Waals surface area contributed by atoms with Gasteiger partial charge in [0.1, 0.15) is 11.5 Å². The Bertz CT molecular complexity index is 561. The predicted molar refractivity (Wildman–Crippen MR) is 67.1 cm³/mol. The molecular formula is C14H15F2NO3. The standard InChI is InChI=1S/C14H15F2NO3/c1-20-7-2-3-10(18)9(6-7)13(19)17-12-8-4-5-14(15,16)11(8)12/h2-3,6,8,11-12,18H,4-5H2,1H3,(H,17,19)/t8-,11+,12+/m0/s1. The van der Waals surface area contributed by atoms with Crippen molar-refractivity contribution in [2.45, 2.75) is 24.8 Å². The molecule has 0 unspecified atom stereocenters. The molecule has 3 atom stereocenters. The molecule has 2 aliphatic carbocycles. The van der Waals surface area contributed by atoms with Crippen molar-refractivity contribution in [1.82, 2.24) is 5.32 Å². The van der Waals surface area contributed by atoms with Crippen LogP contribution in [0, 0.1) is 11.8 Å². The lowest BCUT2D eigenvalue weighted by atomic mass is 10.1. The number of alkyl halides is 2. The quantitative estimate of drug-likeness (QED) is 0.894. The van der Waals surface area contributed by atoms with Crippen LogP contribution in [-0.2, 0) is 0 Å². The van der Waals surface area contributed by atoms with E-state index in [1.807, 2.05) is 0 Å². The predicted octanol–water partition coefficient (Wildman–Crippen LogP) is 2.17. The van der Waals surface area contributed by atoms with Gasteiger partial charge in [-0.05, 0) is 30.5 Å². The van der Waals surface area contributed by atoms with Crippen LogP contribution in [0.25, 0.3) is 0 Å². The molecule has 1 amide bonds. The number of halogens is 2. The van der Waals surface area contributed by atoms with E-state index in [0.29, 0.717) is 12.2 Å². The molecule has 6 heteroatoms. The lowest BCUT2D eigenvalue weighted by Crippen LogP contribution is -2.32. The molecule has 0 radical (unpaired) electrons. The van der Waals surface area contributed by atoms with Gasteiger partial charge in [-0.2, -0.15) is 0 Å². The van der Waals surface area contributed by atoms with E-state index in [1.165, 1.54) is 25.3 Å². The van der Waals surface area contributed by atoms with Crippen LogP contribution in [0.3, 0.4) is 0 Å². The van der Waals surface area contributed by atoms with E-state index in [1.54, 1.807) is 0 Å². The van der Waals surface area contributed by atoms with Crippen LogP contribution in [-0.4, -0.2) is 30.1 Å². The van der Waals surface area contributed by atoms with Crippen LogP contribution < -0.4 is 10.1 Å². The van der Waals surface area contributed by atoms with Crippen molar-refractivity contribution in [1.29, 1.82) is 0 Å². The molecule has 1 aromatic carbocycles. The van der Waals surface area contributed by atoms with Crippen LogP contribution in [0.4, 0.5) is 8.78 Å². The summed E-state index contributed by atoms with van der Waals surface area (Å²) in [5, 5.41) is 12.3. The number of phenols is 1. The minimum atomic E-state index is -2.68. The number of rotatable bonds is 3. The second kappa shape index (κ2) is 4.33. The van der Waals surface area contributed by atoms with Crippen molar-refractivity contribution in [2.24, 2.45) is 11.8 Å². The van der Waals surface area contributed by atoms with Crippen molar-refractivity contribution < 1.29 is 23.4 Å². The highest BCUT2D eigenvalue weighted by Crippen LogP contribution is 2.60. The maximum Gasteiger partial charge on any atom is 0.255 e. The van der Waals surface area contributed by atoms with Crippen LogP contribution in [0.1, 0.15) is 23.2 Å². The van der Waals surface area contributed by atoms with Gasteiger partial charge in [0.15, 0.2) is 0 Å².